The van der Waals surface area contributed by atoms with Crippen molar-refractivity contribution in [3.63, 3.8) is 0 Å². The average Bonchev–Trinajstić information content (AvgIpc) is 2.38. The van der Waals surface area contributed by atoms with Gasteiger partial charge in [-0.25, -0.2) is 0 Å². The predicted octanol–water partition coefficient (Wildman–Crippen LogP) is 3.18. The number of ether oxygens (including phenoxy) is 1. The SMILES string of the molecule is CCOC(=O)C(C)(C)C(=O)c1ccc(SC)cc1. The molecule has 0 unspecified atom stereocenters. The molecule has 98 valence electrons. The van der Waals surface area contributed by atoms with Gasteiger partial charge in [0.2, 0.25) is 0 Å². The molecular weight excluding hydrogens is 248 g/mol. The van der Waals surface area contributed by atoms with Crippen molar-refractivity contribution < 1.29 is 14.3 Å². The van der Waals surface area contributed by atoms with Crippen LogP contribution in [0.5, 0.6) is 0 Å². The fourth-order valence-electron chi connectivity index (χ4n) is 1.51. The summed E-state index contributed by atoms with van der Waals surface area (Å²) in [4.78, 5) is 25.1. The maximum atomic E-state index is 12.3. The third-order valence-electron chi connectivity index (χ3n) is 2.71. The molecule has 18 heavy (non-hydrogen) atoms. The molecule has 0 atom stereocenters. The molecular formula is C14H18O3S. The van der Waals surface area contributed by atoms with Gasteiger partial charge in [-0.05, 0) is 39.2 Å². The largest absolute Gasteiger partial charge is 0.465 e. The molecule has 0 saturated carbocycles. The number of hydrogen-bond acceptors (Lipinski definition) is 4. The zero-order valence-corrected chi connectivity index (χ0v) is 12.0. The van der Waals surface area contributed by atoms with Gasteiger partial charge in [0.25, 0.3) is 0 Å². The maximum Gasteiger partial charge on any atom is 0.319 e. The third kappa shape index (κ3) is 3.13. The lowest BCUT2D eigenvalue weighted by Gasteiger charge is -2.20. The summed E-state index contributed by atoms with van der Waals surface area (Å²) in [5.41, 5.74) is -0.609. The first-order valence-electron chi connectivity index (χ1n) is 5.79. The first kappa shape index (κ1) is 14.8. The zero-order valence-electron chi connectivity index (χ0n) is 11.1. The Morgan fingerprint density at radius 1 is 1.22 bits per heavy atom. The Labute approximate surface area is 112 Å². The van der Waals surface area contributed by atoms with Crippen molar-refractivity contribution in [2.75, 3.05) is 12.9 Å². The Bertz CT molecular complexity index is 435. The summed E-state index contributed by atoms with van der Waals surface area (Å²) in [7, 11) is 0. The van der Waals surface area contributed by atoms with E-state index in [0.29, 0.717) is 5.56 Å². The van der Waals surface area contributed by atoms with Crippen LogP contribution in [0.2, 0.25) is 0 Å². The summed E-state index contributed by atoms with van der Waals surface area (Å²) >= 11 is 1.61. The number of hydrogen-bond donors (Lipinski definition) is 0. The second-order valence-electron chi connectivity index (χ2n) is 4.40. The van der Waals surface area contributed by atoms with Gasteiger partial charge in [-0.15, -0.1) is 11.8 Å². The Kier molecular flexibility index (Phi) is 4.96. The van der Waals surface area contributed by atoms with Gasteiger partial charge >= 0.3 is 5.97 Å². The Morgan fingerprint density at radius 3 is 2.22 bits per heavy atom. The Balaban J connectivity index is 2.94. The van der Waals surface area contributed by atoms with Crippen molar-refractivity contribution in [2.45, 2.75) is 25.7 Å². The van der Waals surface area contributed by atoms with E-state index in [9.17, 15) is 9.59 Å². The van der Waals surface area contributed by atoms with E-state index < -0.39 is 11.4 Å². The van der Waals surface area contributed by atoms with Crippen LogP contribution in [0.15, 0.2) is 29.2 Å². The van der Waals surface area contributed by atoms with Crippen molar-refractivity contribution in [1.82, 2.24) is 0 Å². The van der Waals surface area contributed by atoms with Crippen LogP contribution in [-0.4, -0.2) is 24.6 Å². The van der Waals surface area contributed by atoms with Gasteiger partial charge < -0.3 is 4.74 Å². The van der Waals surface area contributed by atoms with Crippen molar-refractivity contribution in [1.29, 1.82) is 0 Å². The van der Waals surface area contributed by atoms with Crippen LogP contribution in [0.1, 0.15) is 31.1 Å². The minimum absolute atomic E-state index is 0.214. The first-order valence-corrected chi connectivity index (χ1v) is 7.02. The van der Waals surface area contributed by atoms with Gasteiger partial charge in [0.1, 0.15) is 5.41 Å². The van der Waals surface area contributed by atoms with Gasteiger partial charge in [0.05, 0.1) is 6.61 Å². The second kappa shape index (κ2) is 6.05. The van der Waals surface area contributed by atoms with Crippen molar-refractivity contribution in [3.05, 3.63) is 29.8 Å². The highest BCUT2D eigenvalue weighted by molar-refractivity contribution is 7.98. The molecule has 0 radical (unpaired) electrons. The van der Waals surface area contributed by atoms with Crippen LogP contribution >= 0.6 is 11.8 Å². The molecule has 0 saturated heterocycles. The Morgan fingerprint density at radius 2 is 1.78 bits per heavy atom. The summed E-state index contributed by atoms with van der Waals surface area (Å²) in [5.74, 6) is -0.697. The van der Waals surface area contributed by atoms with Crippen LogP contribution in [-0.2, 0) is 9.53 Å². The molecule has 3 nitrogen and oxygen atoms in total. The fourth-order valence-corrected chi connectivity index (χ4v) is 1.92. The predicted molar refractivity (Wildman–Crippen MR) is 73.0 cm³/mol. The van der Waals surface area contributed by atoms with Crippen LogP contribution in [0.3, 0.4) is 0 Å². The topological polar surface area (TPSA) is 43.4 Å². The molecule has 0 N–H and O–H groups in total. The lowest BCUT2D eigenvalue weighted by Crippen LogP contribution is -2.35. The monoisotopic (exact) mass is 266 g/mol. The maximum absolute atomic E-state index is 12.3. The highest BCUT2D eigenvalue weighted by Crippen LogP contribution is 2.25. The minimum Gasteiger partial charge on any atom is -0.465 e. The molecule has 0 bridgehead atoms. The molecule has 0 fully saturated rings. The molecule has 0 amide bonds. The molecule has 0 spiro atoms. The lowest BCUT2D eigenvalue weighted by molar-refractivity contribution is -0.150. The van der Waals surface area contributed by atoms with Crippen molar-refractivity contribution in [3.8, 4) is 0 Å². The van der Waals surface area contributed by atoms with Crippen molar-refractivity contribution in [2.24, 2.45) is 5.41 Å². The van der Waals surface area contributed by atoms with Crippen LogP contribution in [0.4, 0.5) is 0 Å². The number of esters is 1. The van der Waals surface area contributed by atoms with E-state index in [4.69, 9.17) is 4.74 Å². The van der Waals surface area contributed by atoms with Gasteiger partial charge in [-0.2, -0.15) is 0 Å². The molecule has 4 heteroatoms. The molecule has 0 aromatic heterocycles. The van der Waals surface area contributed by atoms with E-state index >= 15 is 0 Å². The highest BCUT2D eigenvalue weighted by atomic mass is 32.2. The van der Waals surface area contributed by atoms with E-state index in [1.165, 1.54) is 0 Å². The van der Waals surface area contributed by atoms with Gasteiger partial charge in [-0.3, -0.25) is 9.59 Å². The molecule has 1 rings (SSSR count). The van der Waals surface area contributed by atoms with Crippen LogP contribution < -0.4 is 0 Å². The first-order chi connectivity index (χ1) is 8.43. The number of carbonyl (C=O) groups excluding carboxylic acids is 2. The van der Waals surface area contributed by atoms with Crippen molar-refractivity contribution >= 4 is 23.5 Å². The number of ketones is 1. The summed E-state index contributed by atoms with van der Waals surface area (Å²) in [6.07, 6.45) is 1.97. The number of carbonyl (C=O) groups is 2. The smallest absolute Gasteiger partial charge is 0.319 e. The molecule has 1 aromatic rings. The number of rotatable bonds is 5. The van der Waals surface area contributed by atoms with Gasteiger partial charge in [-0.1, -0.05) is 12.1 Å². The van der Waals surface area contributed by atoms with E-state index in [2.05, 4.69) is 0 Å². The third-order valence-corrected chi connectivity index (χ3v) is 3.45. The highest BCUT2D eigenvalue weighted by Gasteiger charge is 2.37. The molecule has 0 aliphatic rings. The summed E-state index contributed by atoms with van der Waals surface area (Å²) in [6, 6.07) is 7.24. The van der Waals surface area contributed by atoms with E-state index in [-0.39, 0.29) is 12.4 Å². The summed E-state index contributed by atoms with van der Waals surface area (Å²) in [6.45, 7) is 5.19. The van der Waals surface area contributed by atoms with E-state index in [0.717, 1.165) is 4.90 Å². The fraction of sp³-hybridized carbons (Fsp3) is 0.429. The van der Waals surface area contributed by atoms with E-state index in [1.54, 1.807) is 44.7 Å². The zero-order chi connectivity index (χ0) is 13.8. The minimum atomic E-state index is -1.14. The quantitative estimate of drug-likeness (QED) is 0.355. The number of Topliss-reactive ketones (excluding diaryl/α,β-unsaturated/α-hetero) is 1. The van der Waals surface area contributed by atoms with Crippen LogP contribution in [0, 0.1) is 5.41 Å². The second-order valence-corrected chi connectivity index (χ2v) is 5.28. The molecule has 0 aliphatic carbocycles. The normalized spacial score (nSPS) is 11.1. The standard InChI is InChI=1S/C14H18O3S/c1-5-17-13(16)14(2,3)12(15)10-6-8-11(18-4)9-7-10/h6-9H,5H2,1-4H3. The van der Waals surface area contributed by atoms with Gasteiger partial charge in [0, 0.05) is 10.5 Å². The summed E-state index contributed by atoms with van der Waals surface area (Å²) < 4.78 is 4.93. The lowest BCUT2D eigenvalue weighted by atomic mass is 9.84. The molecule has 1 aromatic carbocycles. The van der Waals surface area contributed by atoms with Gasteiger partial charge in [0.15, 0.2) is 5.78 Å². The van der Waals surface area contributed by atoms with E-state index in [1.807, 2.05) is 18.4 Å². The number of benzene rings is 1. The summed E-state index contributed by atoms with van der Waals surface area (Å²) in [5, 5.41) is 0. The molecule has 0 aliphatic heterocycles. The van der Waals surface area contributed by atoms with Crippen LogP contribution in [0.25, 0.3) is 0 Å². The molecule has 0 heterocycles. The Hall–Kier alpha value is -1.29. The number of thioether (sulfide) groups is 1. The average molecular weight is 266 g/mol.